The molecule has 8 nitrogen and oxygen atoms in total. The summed E-state index contributed by atoms with van der Waals surface area (Å²) in [6, 6.07) is 0. The number of esters is 1. The fourth-order valence-corrected chi connectivity index (χ4v) is 10.2. The third-order valence-electron chi connectivity index (χ3n) is 14.2. The number of nitrogens with zero attached hydrogens (tertiary/aromatic N) is 1. The van der Waals surface area contributed by atoms with Crippen LogP contribution in [0.5, 0.6) is 0 Å². The molecule has 9 heteroatoms. The smallest absolute Gasteiger partial charge is 0.457 e. The van der Waals surface area contributed by atoms with E-state index >= 15 is 0 Å². The number of unbranched alkanes of at least 4 members (excludes halogenated alkanes) is 45. The lowest BCUT2D eigenvalue weighted by Crippen LogP contribution is -2.37. The standard InChI is InChI=1S/C60H122NO7P/c1-6-8-10-12-14-16-18-20-22-24-26-28-30-31-33-35-37-39-41-43-45-47-49-51-53-60(62)68-59(58-67-69(63,64)66-56-54-61(3,4)5)57-65-55-52-50-48-46-44-42-40-38-36-34-32-29-27-25-23-21-19-17-15-13-11-9-7-2/h59H,6-58H2,1-5H3/p+1. The molecule has 0 rings (SSSR count). The summed E-state index contributed by atoms with van der Waals surface area (Å²) >= 11 is 0. The second kappa shape index (κ2) is 53.8. The molecular weight excluding hydrogens is 878 g/mol. The van der Waals surface area contributed by atoms with Gasteiger partial charge in [-0.15, -0.1) is 0 Å². The van der Waals surface area contributed by atoms with Crippen molar-refractivity contribution >= 4 is 13.8 Å². The fourth-order valence-electron chi connectivity index (χ4n) is 9.44. The minimum absolute atomic E-state index is 0.0946. The molecule has 0 heterocycles. The molecule has 1 N–H and O–H groups in total. The number of likely N-dealkylation sites (N-methyl/N-ethyl adjacent to an activating group) is 1. The van der Waals surface area contributed by atoms with Crippen LogP contribution in [0.2, 0.25) is 0 Å². The normalized spacial score (nSPS) is 13.3. The van der Waals surface area contributed by atoms with Crippen molar-refractivity contribution in [2.75, 3.05) is 54.1 Å². The average Bonchev–Trinajstić information content (AvgIpc) is 3.31. The molecule has 0 aromatic carbocycles. The van der Waals surface area contributed by atoms with Crippen LogP contribution < -0.4 is 0 Å². The predicted octanol–water partition coefficient (Wildman–Crippen LogP) is 19.5. The van der Waals surface area contributed by atoms with Gasteiger partial charge in [-0.2, -0.15) is 0 Å². The van der Waals surface area contributed by atoms with Gasteiger partial charge in [-0.1, -0.05) is 303 Å². The summed E-state index contributed by atoms with van der Waals surface area (Å²) in [4.78, 5) is 23.1. The fraction of sp³-hybridized carbons (Fsp3) is 0.983. The Hall–Kier alpha value is -0.500. The van der Waals surface area contributed by atoms with Gasteiger partial charge in [0, 0.05) is 13.0 Å². The molecule has 0 aliphatic carbocycles. The number of carbonyl (C=O) groups is 1. The van der Waals surface area contributed by atoms with Crippen LogP contribution in [-0.4, -0.2) is 75.6 Å². The molecule has 0 amide bonds. The van der Waals surface area contributed by atoms with Crippen molar-refractivity contribution < 1.29 is 37.3 Å². The summed E-state index contributed by atoms with van der Waals surface area (Å²) in [5.41, 5.74) is 0. The van der Waals surface area contributed by atoms with Crippen LogP contribution in [0.25, 0.3) is 0 Å². The third kappa shape index (κ3) is 58.3. The SMILES string of the molecule is CCCCCCCCCCCCCCCCCCCCCCCCCCC(=O)OC(COCCCCCCCCCCCCCCCCCCCCCCCCC)COP(=O)(O)OCC[N+](C)(C)C. The first kappa shape index (κ1) is 68.5. The van der Waals surface area contributed by atoms with Crippen molar-refractivity contribution in [3.8, 4) is 0 Å². The van der Waals surface area contributed by atoms with Crippen molar-refractivity contribution in [2.24, 2.45) is 0 Å². The van der Waals surface area contributed by atoms with Crippen LogP contribution >= 0.6 is 7.82 Å². The molecule has 0 aliphatic heterocycles. The molecule has 0 spiro atoms. The van der Waals surface area contributed by atoms with E-state index in [0.717, 1.165) is 32.1 Å². The van der Waals surface area contributed by atoms with Crippen LogP contribution in [-0.2, 0) is 27.9 Å². The quantitative estimate of drug-likeness (QED) is 0.0281. The van der Waals surface area contributed by atoms with Crippen molar-refractivity contribution in [1.82, 2.24) is 0 Å². The van der Waals surface area contributed by atoms with Gasteiger partial charge in [0.25, 0.3) is 0 Å². The van der Waals surface area contributed by atoms with Crippen molar-refractivity contribution in [2.45, 2.75) is 328 Å². The summed E-state index contributed by atoms with van der Waals surface area (Å²) < 4.78 is 35.3. The molecular formula is C60H123NO7P+. The molecule has 2 unspecified atom stereocenters. The molecule has 0 radical (unpaired) electrons. The Kier molecular flexibility index (Phi) is 53.4. The molecule has 0 bridgehead atoms. The van der Waals surface area contributed by atoms with E-state index in [2.05, 4.69) is 13.8 Å². The van der Waals surface area contributed by atoms with Gasteiger partial charge in [0.1, 0.15) is 19.3 Å². The molecule has 69 heavy (non-hydrogen) atoms. The lowest BCUT2D eigenvalue weighted by Gasteiger charge is -2.24. The average molecular weight is 1000 g/mol. The zero-order valence-electron chi connectivity index (χ0n) is 47.3. The predicted molar refractivity (Wildman–Crippen MR) is 298 cm³/mol. The molecule has 0 aliphatic rings. The lowest BCUT2D eigenvalue weighted by atomic mass is 10.0. The topological polar surface area (TPSA) is 91.3 Å². The molecule has 0 saturated carbocycles. The Morgan fingerprint density at radius 3 is 0.957 bits per heavy atom. The first-order valence-corrected chi connectivity index (χ1v) is 32.3. The second-order valence-corrected chi connectivity index (χ2v) is 23.9. The maximum absolute atomic E-state index is 12.8. The van der Waals surface area contributed by atoms with Crippen LogP contribution in [0.1, 0.15) is 322 Å². The van der Waals surface area contributed by atoms with Gasteiger partial charge < -0.3 is 18.9 Å². The van der Waals surface area contributed by atoms with Crippen LogP contribution in [0.15, 0.2) is 0 Å². The third-order valence-corrected chi connectivity index (χ3v) is 15.2. The van der Waals surface area contributed by atoms with E-state index in [4.69, 9.17) is 18.5 Å². The van der Waals surface area contributed by atoms with Gasteiger partial charge in [-0.25, -0.2) is 4.57 Å². The van der Waals surface area contributed by atoms with E-state index in [9.17, 15) is 14.3 Å². The zero-order chi connectivity index (χ0) is 50.5. The summed E-state index contributed by atoms with van der Waals surface area (Å²) in [5, 5.41) is 0. The number of hydrogen-bond acceptors (Lipinski definition) is 6. The van der Waals surface area contributed by atoms with Crippen LogP contribution in [0.3, 0.4) is 0 Å². The van der Waals surface area contributed by atoms with Gasteiger partial charge in [-0.05, 0) is 12.8 Å². The Labute approximate surface area is 431 Å². The molecule has 0 fully saturated rings. The van der Waals surface area contributed by atoms with E-state index in [1.165, 1.54) is 270 Å². The first-order chi connectivity index (χ1) is 33.6. The second-order valence-electron chi connectivity index (χ2n) is 22.5. The van der Waals surface area contributed by atoms with Gasteiger partial charge in [0.15, 0.2) is 0 Å². The highest BCUT2D eigenvalue weighted by Crippen LogP contribution is 2.43. The van der Waals surface area contributed by atoms with Gasteiger partial charge in [0.2, 0.25) is 0 Å². The molecule has 2 atom stereocenters. The number of phosphoric acid groups is 1. The van der Waals surface area contributed by atoms with Crippen LogP contribution in [0, 0.1) is 0 Å². The highest BCUT2D eigenvalue weighted by molar-refractivity contribution is 7.47. The first-order valence-electron chi connectivity index (χ1n) is 30.8. The monoisotopic (exact) mass is 1000 g/mol. The van der Waals surface area contributed by atoms with Crippen molar-refractivity contribution in [3.63, 3.8) is 0 Å². The summed E-state index contributed by atoms with van der Waals surface area (Å²) in [6.07, 6.45) is 63.2. The molecule has 0 aromatic heterocycles. The summed E-state index contributed by atoms with van der Waals surface area (Å²) in [5.74, 6) is -0.302. The highest BCUT2D eigenvalue weighted by atomic mass is 31.2. The van der Waals surface area contributed by atoms with Gasteiger partial charge in [0.05, 0.1) is 34.4 Å². The Balaban J connectivity index is 3.97. The van der Waals surface area contributed by atoms with Crippen LogP contribution in [0.4, 0.5) is 0 Å². The Morgan fingerprint density at radius 2 is 0.667 bits per heavy atom. The molecule has 0 aromatic rings. The van der Waals surface area contributed by atoms with E-state index in [1.807, 2.05) is 21.1 Å². The number of carbonyl (C=O) groups excluding carboxylic acids is 1. The Morgan fingerprint density at radius 1 is 0.391 bits per heavy atom. The number of ether oxygens (including phenoxy) is 2. The van der Waals surface area contributed by atoms with Gasteiger partial charge in [-0.3, -0.25) is 13.8 Å². The van der Waals surface area contributed by atoms with E-state index in [1.54, 1.807) is 0 Å². The summed E-state index contributed by atoms with van der Waals surface area (Å²) in [6.45, 7) is 5.73. The molecule has 0 saturated heterocycles. The minimum Gasteiger partial charge on any atom is -0.457 e. The number of phosphoric ester groups is 1. The Bertz CT molecular complexity index is 1070. The van der Waals surface area contributed by atoms with Crippen molar-refractivity contribution in [3.05, 3.63) is 0 Å². The lowest BCUT2D eigenvalue weighted by molar-refractivity contribution is -0.870. The van der Waals surface area contributed by atoms with E-state index in [0.29, 0.717) is 24.1 Å². The minimum atomic E-state index is -4.28. The molecule has 414 valence electrons. The van der Waals surface area contributed by atoms with Gasteiger partial charge >= 0.3 is 13.8 Å². The largest absolute Gasteiger partial charge is 0.472 e. The van der Waals surface area contributed by atoms with Crippen molar-refractivity contribution in [1.29, 1.82) is 0 Å². The highest BCUT2D eigenvalue weighted by Gasteiger charge is 2.26. The zero-order valence-corrected chi connectivity index (χ0v) is 48.2. The number of quaternary nitrogens is 1. The maximum Gasteiger partial charge on any atom is 0.472 e. The maximum atomic E-state index is 12.8. The van der Waals surface area contributed by atoms with E-state index < -0.39 is 13.9 Å². The number of rotatable bonds is 59. The van der Waals surface area contributed by atoms with E-state index in [-0.39, 0.29) is 25.8 Å². The number of hydrogen-bond donors (Lipinski definition) is 1. The summed E-state index contributed by atoms with van der Waals surface area (Å²) in [7, 11) is 1.70.